The van der Waals surface area contributed by atoms with Crippen molar-refractivity contribution in [3.05, 3.63) is 45.9 Å². The molecule has 0 amide bonds. The molecular formula is C23H30N2O5. The summed E-state index contributed by atoms with van der Waals surface area (Å²) in [5.41, 5.74) is 4.10. The third kappa shape index (κ3) is 4.74. The first-order valence-corrected chi connectivity index (χ1v) is 10.8. The van der Waals surface area contributed by atoms with Crippen LogP contribution in [0.25, 0.3) is 11.3 Å². The van der Waals surface area contributed by atoms with Gasteiger partial charge in [-0.05, 0) is 50.7 Å². The summed E-state index contributed by atoms with van der Waals surface area (Å²) in [6.07, 6.45) is 2.81. The van der Waals surface area contributed by atoms with Crippen LogP contribution in [-0.2, 0) is 28.9 Å². The van der Waals surface area contributed by atoms with E-state index in [1.54, 1.807) is 4.57 Å². The molecule has 1 fully saturated rings. The van der Waals surface area contributed by atoms with E-state index >= 15 is 0 Å². The predicted octanol–water partition coefficient (Wildman–Crippen LogP) is 2.35. The Bertz CT molecular complexity index is 934. The number of hydrogen-bond donors (Lipinski definition) is 1. The Morgan fingerprint density at radius 3 is 2.93 bits per heavy atom. The van der Waals surface area contributed by atoms with Crippen molar-refractivity contribution in [2.75, 3.05) is 19.8 Å². The predicted molar refractivity (Wildman–Crippen MR) is 113 cm³/mol. The van der Waals surface area contributed by atoms with Gasteiger partial charge in [0.1, 0.15) is 12.2 Å². The number of benzene rings is 1. The molecule has 0 aliphatic carbocycles. The van der Waals surface area contributed by atoms with Gasteiger partial charge in [0.05, 0.1) is 31.6 Å². The zero-order valence-electron chi connectivity index (χ0n) is 17.7. The summed E-state index contributed by atoms with van der Waals surface area (Å²) >= 11 is 0. The monoisotopic (exact) mass is 414 g/mol. The quantitative estimate of drug-likeness (QED) is 0.749. The molecule has 0 spiro atoms. The van der Waals surface area contributed by atoms with Gasteiger partial charge in [0.25, 0.3) is 0 Å². The molecular weight excluding hydrogens is 384 g/mol. The van der Waals surface area contributed by atoms with Crippen LogP contribution in [-0.4, -0.2) is 52.8 Å². The van der Waals surface area contributed by atoms with Gasteiger partial charge in [-0.1, -0.05) is 18.2 Å². The van der Waals surface area contributed by atoms with Crippen molar-refractivity contribution in [1.82, 2.24) is 9.55 Å². The first kappa shape index (κ1) is 21.0. The van der Waals surface area contributed by atoms with E-state index in [1.807, 2.05) is 19.9 Å². The maximum absolute atomic E-state index is 12.6. The molecule has 1 N–H and O–H groups in total. The highest BCUT2D eigenvalue weighted by Crippen LogP contribution is 2.31. The number of aliphatic hydroxyl groups excluding tert-OH is 1. The van der Waals surface area contributed by atoms with E-state index in [0.29, 0.717) is 32.2 Å². The molecule has 2 aromatic rings. The second kappa shape index (κ2) is 9.29. The highest BCUT2D eigenvalue weighted by Gasteiger charge is 2.25. The smallest absolute Gasteiger partial charge is 0.351 e. The Kier molecular flexibility index (Phi) is 6.51. The van der Waals surface area contributed by atoms with E-state index in [0.717, 1.165) is 36.9 Å². The lowest BCUT2D eigenvalue weighted by molar-refractivity contribution is -0.122. The molecule has 162 valence electrons. The molecule has 2 aliphatic heterocycles. The molecule has 0 radical (unpaired) electrons. The van der Waals surface area contributed by atoms with Crippen LogP contribution in [0.5, 0.6) is 5.88 Å². The first-order chi connectivity index (χ1) is 14.5. The van der Waals surface area contributed by atoms with Gasteiger partial charge in [-0.3, -0.25) is 4.57 Å². The number of fused-ring (bicyclic) bond motifs is 3. The van der Waals surface area contributed by atoms with Gasteiger partial charge in [0.2, 0.25) is 5.88 Å². The number of ether oxygens (including phenoxy) is 3. The summed E-state index contributed by atoms with van der Waals surface area (Å²) in [4.78, 5) is 16.8. The van der Waals surface area contributed by atoms with Crippen molar-refractivity contribution in [3.8, 4) is 17.1 Å². The second-order valence-corrected chi connectivity index (χ2v) is 8.20. The maximum Gasteiger partial charge on any atom is 0.351 e. The number of hydrogen-bond acceptors (Lipinski definition) is 6. The summed E-state index contributed by atoms with van der Waals surface area (Å²) < 4.78 is 18.8. The largest absolute Gasteiger partial charge is 0.472 e. The second-order valence-electron chi connectivity index (χ2n) is 8.20. The Balaban J connectivity index is 1.55. The van der Waals surface area contributed by atoms with Gasteiger partial charge in [-0.2, -0.15) is 4.98 Å². The standard InChI is InChI=1S/C23H30N2O5/c1-15(26)4-3-5-17-6-7-19-18(12-17)8-9-25-20(19)13-22(24-23(25)27)30-16(2)21-14-28-10-11-29-21/h6-7,12-13,15-16,21,26H,3-5,8-11,14H2,1-2H3/t15?,16-,21-/m0/s1. The molecule has 3 atom stereocenters. The number of aryl methyl sites for hydroxylation is 2. The molecule has 1 aromatic heterocycles. The summed E-state index contributed by atoms with van der Waals surface area (Å²) in [7, 11) is 0. The van der Waals surface area contributed by atoms with Gasteiger partial charge in [-0.15, -0.1) is 0 Å². The Morgan fingerprint density at radius 1 is 1.30 bits per heavy atom. The van der Waals surface area contributed by atoms with Crippen LogP contribution < -0.4 is 10.4 Å². The average molecular weight is 415 g/mol. The van der Waals surface area contributed by atoms with Crippen LogP contribution in [0.1, 0.15) is 37.8 Å². The molecule has 30 heavy (non-hydrogen) atoms. The lowest BCUT2D eigenvalue weighted by Crippen LogP contribution is -2.40. The Morgan fingerprint density at radius 2 is 2.17 bits per heavy atom. The third-order valence-electron chi connectivity index (χ3n) is 5.80. The summed E-state index contributed by atoms with van der Waals surface area (Å²) in [5.74, 6) is 0.321. The van der Waals surface area contributed by atoms with Crippen LogP contribution in [0.4, 0.5) is 0 Å². The fourth-order valence-corrected chi connectivity index (χ4v) is 4.12. The minimum atomic E-state index is -0.290. The lowest BCUT2D eigenvalue weighted by atomic mass is 9.94. The molecule has 1 unspecified atom stereocenters. The SMILES string of the molecule is CC(O)CCCc1ccc2c(c1)CCn1c-2cc(O[C@@H](C)[C@@H]2COCCO2)nc1=O. The van der Waals surface area contributed by atoms with Crippen LogP contribution in [0.2, 0.25) is 0 Å². The van der Waals surface area contributed by atoms with Crippen molar-refractivity contribution in [2.45, 2.75) is 64.4 Å². The minimum absolute atomic E-state index is 0.171. The van der Waals surface area contributed by atoms with E-state index in [-0.39, 0.29) is 24.0 Å². The van der Waals surface area contributed by atoms with E-state index in [9.17, 15) is 9.90 Å². The third-order valence-corrected chi connectivity index (χ3v) is 5.80. The fourth-order valence-electron chi connectivity index (χ4n) is 4.12. The molecule has 4 rings (SSSR count). The van der Waals surface area contributed by atoms with E-state index in [1.165, 1.54) is 11.1 Å². The lowest BCUT2D eigenvalue weighted by Gasteiger charge is -2.28. The van der Waals surface area contributed by atoms with Crippen LogP contribution in [0.3, 0.4) is 0 Å². The molecule has 0 bridgehead atoms. The fraction of sp³-hybridized carbons (Fsp3) is 0.565. The number of rotatable bonds is 7. The van der Waals surface area contributed by atoms with Gasteiger partial charge in [0.15, 0.2) is 0 Å². The van der Waals surface area contributed by atoms with E-state index < -0.39 is 0 Å². The molecule has 0 saturated carbocycles. The number of aromatic nitrogens is 2. The van der Waals surface area contributed by atoms with Crippen molar-refractivity contribution in [3.63, 3.8) is 0 Å². The molecule has 7 nitrogen and oxygen atoms in total. The molecule has 3 heterocycles. The Hall–Kier alpha value is -2.22. The topological polar surface area (TPSA) is 82.8 Å². The van der Waals surface area contributed by atoms with E-state index in [4.69, 9.17) is 14.2 Å². The van der Waals surface area contributed by atoms with E-state index in [2.05, 4.69) is 23.2 Å². The maximum atomic E-state index is 12.6. The van der Waals surface area contributed by atoms with Crippen molar-refractivity contribution >= 4 is 0 Å². The zero-order chi connectivity index (χ0) is 21.1. The van der Waals surface area contributed by atoms with Crippen molar-refractivity contribution in [2.24, 2.45) is 0 Å². The van der Waals surface area contributed by atoms with Crippen molar-refractivity contribution < 1.29 is 19.3 Å². The summed E-state index contributed by atoms with van der Waals surface area (Å²) in [6, 6.07) is 8.27. The average Bonchev–Trinajstić information content (AvgIpc) is 2.74. The molecule has 1 saturated heterocycles. The van der Waals surface area contributed by atoms with Crippen LogP contribution >= 0.6 is 0 Å². The molecule has 1 aromatic carbocycles. The minimum Gasteiger partial charge on any atom is -0.472 e. The highest BCUT2D eigenvalue weighted by molar-refractivity contribution is 5.67. The van der Waals surface area contributed by atoms with Crippen LogP contribution in [0, 0.1) is 0 Å². The van der Waals surface area contributed by atoms with Crippen molar-refractivity contribution in [1.29, 1.82) is 0 Å². The van der Waals surface area contributed by atoms with Gasteiger partial charge < -0.3 is 19.3 Å². The number of nitrogens with zero attached hydrogens (tertiary/aromatic N) is 2. The summed E-state index contributed by atoms with van der Waals surface area (Å²) in [6.45, 7) is 5.96. The Labute approximate surface area is 176 Å². The normalized spacial score (nSPS) is 20.2. The van der Waals surface area contributed by atoms with Gasteiger partial charge in [0, 0.05) is 18.2 Å². The van der Waals surface area contributed by atoms with Crippen LogP contribution in [0.15, 0.2) is 29.1 Å². The van der Waals surface area contributed by atoms with Gasteiger partial charge >= 0.3 is 5.69 Å². The zero-order valence-corrected chi connectivity index (χ0v) is 17.7. The number of aliphatic hydroxyl groups is 1. The summed E-state index contributed by atoms with van der Waals surface area (Å²) in [5, 5.41) is 9.46. The highest BCUT2D eigenvalue weighted by atomic mass is 16.6. The van der Waals surface area contributed by atoms with Gasteiger partial charge in [-0.25, -0.2) is 4.79 Å². The molecule has 7 heteroatoms. The molecule has 2 aliphatic rings. The first-order valence-electron chi connectivity index (χ1n) is 10.8.